The molecule has 1 fully saturated rings. The van der Waals surface area contributed by atoms with Gasteiger partial charge in [0.1, 0.15) is 0 Å². The van der Waals surface area contributed by atoms with Crippen molar-refractivity contribution in [3.8, 4) is 0 Å². The van der Waals surface area contributed by atoms with Crippen LogP contribution in [-0.2, 0) is 4.79 Å². The molecule has 31 heavy (non-hydrogen) atoms. The molecule has 0 N–H and O–H groups in total. The highest BCUT2D eigenvalue weighted by Gasteiger charge is 2.24. The first-order chi connectivity index (χ1) is 15.0. The third kappa shape index (κ3) is 8.19. The maximum atomic E-state index is 12.1. The van der Waals surface area contributed by atoms with E-state index in [9.17, 15) is 4.79 Å². The van der Waals surface area contributed by atoms with E-state index in [1.165, 1.54) is 35.4 Å². The van der Waals surface area contributed by atoms with Crippen molar-refractivity contribution >= 4 is 17.7 Å². The third-order valence-electron chi connectivity index (χ3n) is 5.72. The molecule has 0 spiro atoms. The number of carbonyl (C=O) groups is 1. The highest BCUT2D eigenvalue weighted by Crippen LogP contribution is 2.28. The zero-order chi connectivity index (χ0) is 22.6. The molecule has 0 saturated carbocycles. The summed E-state index contributed by atoms with van der Waals surface area (Å²) in [4.78, 5) is 17.7. The second kappa shape index (κ2) is 13.4. The Kier molecular flexibility index (Phi) is 10.9. The molecule has 3 nitrogen and oxygen atoms in total. The molecule has 2 unspecified atom stereocenters. The molecule has 2 aliphatic rings. The Morgan fingerprint density at radius 1 is 1.23 bits per heavy atom. The third-order valence-corrected chi connectivity index (χ3v) is 6.53. The van der Waals surface area contributed by atoms with Gasteiger partial charge in [0.05, 0.1) is 0 Å². The number of benzene rings is 1. The minimum atomic E-state index is 0.0951. The number of amides is 1. The lowest BCUT2D eigenvalue weighted by Crippen LogP contribution is -2.28. The summed E-state index contributed by atoms with van der Waals surface area (Å²) in [6, 6.07) is 11.0. The predicted octanol–water partition coefficient (Wildman–Crippen LogP) is 6.67. The standard InChI is InChI=1S/C25H32N2OS.C2H6/c1-20-17-22(13-16-29-25-11-5-4-6-12-25)9-7-15-27(21(2)28)19-23(20)18-24-10-8-14-26(24)3;1-2/h4-7,9,11-13,16-17,19-20,24H,8,10,14-15,18H2,1-3H3;1-2H3/b9-7-,16-13+,22-17+,23-19-;. The molecular weight excluding hydrogens is 400 g/mol. The number of allylic oxidation sites excluding steroid dienone is 4. The van der Waals surface area contributed by atoms with Gasteiger partial charge in [-0.15, -0.1) is 0 Å². The zero-order valence-corrected chi connectivity index (χ0v) is 20.6. The fourth-order valence-electron chi connectivity index (χ4n) is 3.89. The Hall–Kier alpha value is -2.04. The summed E-state index contributed by atoms with van der Waals surface area (Å²) in [7, 11) is 2.22. The molecule has 1 saturated heterocycles. The summed E-state index contributed by atoms with van der Waals surface area (Å²) < 4.78 is 0. The molecular formula is C27H38N2OS. The van der Waals surface area contributed by atoms with Gasteiger partial charge in [-0.2, -0.15) is 0 Å². The summed E-state index contributed by atoms with van der Waals surface area (Å²) in [5.41, 5.74) is 2.53. The Balaban J connectivity index is 0.00000166. The SMILES string of the molecule is CC.CC(=O)N1/C=C(/CC2CCCN2C)C(C)/C=C(/C=C/Sc2ccccc2)\C=C/C1. The average Bonchev–Trinajstić information content (AvgIpc) is 3.20. The van der Waals surface area contributed by atoms with Crippen molar-refractivity contribution in [2.75, 3.05) is 20.1 Å². The van der Waals surface area contributed by atoms with Crippen molar-refractivity contribution in [2.24, 2.45) is 5.92 Å². The number of likely N-dealkylation sites (tertiary alicyclic amines) is 1. The van der Waals surface area contributed by atoms with Crippen LogP contribution in [0.2, 0.25) is 0 Å². The molecule has 0 bridgehead atoms. The Labute approximate surface area is 193 Å². The van der Waals surface area contributed by atoms with E-state index in [0.29, 0.717) is 12.6 Å². The van der Waals surface area contributed by atoms with Gasteiger partial charge in [0.15, 0.2) is 0 Å². The van der Waals surface area contributed by atoms with Gasteiger partial charge >= 0.3 is 0 Å². The van der Waals surface area contributed by atoms with Crippen LogP contribution in [0.25, 0.3) is 0 Å². The molecule has 2 heterocycles. The molecule has 1 aromatic carbocycles. The number of nitrogens with zero attached hydrogens (tertiary/aromatic N) is 2. The molecule has 2 aliphatic heterocycles. The van der Waals surface area contributed by atoms with Crippen LogP contribution in [0.15, 0.2) is 82.3 Å². The van der Waals surface area contributed by atoms with Crippen LogP contribution in [0, 0.1) is 5.92 Å². The lowest BCUT2D eigenvalue weighted by atomic mass is 9.92. The Bertz CT molecular complexity index is 810. The second-order valence-corrected chi connectivity index (χ2v) is 8.93. The first kappa shape index (κ1) is 25.2. The van der Waals surface area contributed by atoms with Crippen molar-refractivity contribution in [3.05, 3.63) is 77.4 Å². The van der Waals surface area contributed by atoms with E-state index >= 15 is 0 Å². The van der Waals surface area contributed by atoms with E-state index in [2.05, 4.69) is 79.0 Å². The zero-order valence-electron chi connectivity index (χ0n) is 19.8. The number of thioether (sulfide) groups is 1. The lowest BCUT2D eigenvalue weighted by molar-refractivity contribution is -0.125. The van der Waals surface area contributed by atoms with Crippen molar-refractivity contribution in [2.45, 2.75) is 57.9 Å². The largest absolute Gasteiger partial charge is 0.316 e. The van der Waals surface area contributed by atoms with Crippen LogP contribution in [-0.4, -0.2) is 41.9 Å². The fourth-order valence-corrected chi connectivity index (χ4v) is 4.59. The molecule has 0 radical (unpaired) electrons. The Morgan fingerprint density at radius 2 is 1.97 bits per heavy atom. The first-order valence-electron chi connectivity index (χ1n) is 11.5. The van der Waals surface area contributed by atoms with Gasteiger partial charge in [-0.05, 0) is 73.5 Å². The molecule has 168 valence electrons. The van der Waals surface area contributed by atoms with Gasteiger partial charge in [-0.25, -0.2) is 0 Å². The predicted molar refractivity (Wildman–Crippen MR) is 135 cm³/mol. The van der Waals surface area contributed by atoms with Crippen LogP contribution in [0.3, 0.4) is 0 Å². The highest BCUT2D eigenvalue weighted by atomic mass is 32.2. The van der Waals surface area contributed by atoms with E-state index in [1.807, 2.05) is 24.8 Å². The Morgan fingerprint density at radius 3 is 2.61 bits per heavy atom. The van der Waals surface area contributed by atoms with Crippen LogP contribution in [0.5, 0.6) is 0 Å². The summed E-state index contributed by atoms with van der Waals surface area (Å²) in [5.74, 6) is 0.382. The van der Waals surface area contributed by atoms with Crippen molar-refractivity contribution in [3.63, 3.8) is 0 Å². The summed E-state index contributed by atoms with van der Waals surface area (Å²) in [5, 5.41) is 2.15. The number of hydrogen-bond acceptors (Lipinski definition) is 3. The van der Waals surface area contributed by atoms with E-state index in [4.69, 9.17) is 0 Å². The lowest BCUT2D eigenvalue weighted by Gasteiger charge is -2.25. The highest BCUT2D eigenvalue weighted by molar-refractivity contribution is 8.02. The summed E-state index contributed by atoms with van der Waals surface area (Å²) >= 11 is 1.72. The number of hydrogen-bond donors (Lipinski definition) is 0. The van der Waals surface area contributed by atoms with Gasteiger partial charge in [0.25, 0.3) is 0 Å². The van der Waals surface area contributed by atoms with Crippen molar-refractivity contribution in [1.29, 1.82) is 0 Å². The van der Waals surface area contributed by atoms with Gasteiger partial charge < -0.3 is 9.80 Å². The molecule has 2 atom stereocenters. The number of rotatable bonds is 5. The molecule has 0 aromatic heterocycles. The van der Waals surface area contributed by atoms with Gasteiger partial charge in [-0.1, -0.05) is 69.0 Å². The fraction of sp³-hybridized carbons (Fsp3) is 0.444. The van der Waals surface area contributed by atoms with Crippen molar-refractivity contribution in [1.82, 2.24) is 9.80 Å². The maximum absolute atomic E-state index is 12.1. The summed E-state index contributed by atoms with van der Waals surface area (Å²) in [6.07, 6.45) is 14.3. The molecule has 3 rings (SSSR count). The van der Waals surface area contributed by atoms with E-state index in [-0.39, 0.29) is 11.8 Å². The minimum absolute atomic E-state index is 0.0951. The van der Waals surface area contributed by atoms with Gasteiger partial charge in [-0.3, -0.25) is 4.79 Å². The second-order valence-electron chi connectivity index (χ2n) is 7.95. The van der Waals surface area contributed by atoms with Crippen LogP contribution in [0.1, 0.15) is 47.0 Å². The smallest absolute Gasteiger partial charge is 0.223 e. The van der Waals surface area contributed by atoms with Gasteiger partial charge in [0, 0.05) is 30.6 Å². The molecule has 4 heteroatoms. The van der Waals surface area contributed by atoms with Crippen LogP contribution < -0.4 is 0 Å². The first-order valence-corrected chi connectivity index (χ1v) is 12.4. The maximum Gasteiger partial charge on any atom is 0.223 e. The summed E-state index contributed by atoms with van der Waals surface area (Å²) in [6.45, 7) is 9.68. The number of carbonyl (C=O) groups excluding carboxylic acids is 1. The molecule has 0 aliphatic carbocycles. The monoisotopic (exact) mass is 438 g/mol. The average molecular weight is 439 g/mol. The van der Waals surface area contributed by atoms with E-state index in [0.717, 1.165) is 6.42 Å². The quantitative estimate of drug-likeness (QED) is 0.480. The molecule has 1 aromatic rings. The topological polar surface area (TPSA) is 23.6 Å². The van der Waals surface area contributed by atoms with Crippen LogP contribution in [0.4, 0.5) is 0 Å². The van der Waals surface area contributed by atoms with Crippen molar-refractivity contribution < 1.29 is 4.79 Å². The van der Waals surface area contributed by atoms with E-state index in [1.54, 1.807) is 18.7 Å². The van der Waals surface area contributed by atoms with Gasteiger partial charge in [0.2, 0.25) is 5.91 Å². The van der Waals surface area contributed by atoms with E-state index < -0.39 is 0 Å². The minimum Gasteiger partial charge on any atom is -0.316 e. The normalized spacial score (nSPS) is 26.5. The molecule has 1 amide bonds. The van der Waals surface area contributed by atoms with Crippen LogP contribution >= 0.6 is 11.8 Å².